The Kier molecular flexibility index (Phi) is 7.55. The van der Waals surface area contributed by atoms with Gasteiger partial charge in [-0.1, -0.05) is 38.5 Å². The summed E-state index contributed by atoms with van der Waals surface area (Å²) in [5.41, 5.74) is 1.18. The van der Waals surface area contributed by atoms with Crippen LogP contribution >= 0.6 is 0 Å². The lowest BCUT2D eigenvalue weighted by Crippen LogP contribution is -2.63. The molecule has 1 heterocycles. The molecule has 1 atom stereocenters. The van der Waals surface area contributed by atoms with Crippen LogP contribution in [0.5, 0.6) is 5.75 Å². The highest BCUT2D eigenvalue weighted by Gasteiger charge is 2.41. The summed E-state index contributed by atoms with van der Waals surface area (Å²) in [5.74, 6) is 1.27. The molecule has 1 N–H and O–H groups in total. The number of hydrogen-bond acceptors (Lipinski definition) is 3. The van der Waals surface area contributed by atoms with E-state index in [0.717, 1.165) is 43.5 Å². The van der Waals surface area contributed by atoms with Crippen LogP contribution in [0.1, 0.15) is 85.1 Å². The van der Waals surface area contributed by atoms with Gasteiger partial charge in [-0.05, 0) is 64.5 Å². The lowest BCUT2D eigenvalue weighted by Gasteiger charge is -2.49. The molecule has 1 aliphatic heterocycles. The highest BCUT2D eigenvalue weighted by molar-refractivity contribution is 5.77. The number of piperidine rings is 1. The maximum atomic E-state index is 13.4. The molecule has 0 aromatic heterocycles. The molecule has 0 radical (unpaired) electrons. The molecule has 0 bridgehead atoms. The number of methoxy groups -OCH3 is 1. The predicted octanol–water partition coefficient (Wildman–Crippen LogP) is 5.13. The average molecular weight is 389 g/mol. The third-order valence-electron chi connectivity index (χ3n) is 5.83. The minimum Gasteiger partial charge on any atom is -0.496 e. The second kappa shape index (κ2) is 9.30. The topological polar surface area (TPSA) is 41.6 Å². The SMILES string of the molecule is CCCCN(C(=O)CC(C)c1ccccc1OC)C1CC(C)(C)NC(C)(C)C1. The largest absolute Gasteiger partial charge is 0.496 e. The van der Waals surface area contributed by atoms with Crippen molar-refractivity contribution in [3.05, 3.63) is 29.8 Å². The summed E-state index contributed by atoms with van der Waals surface area (Å²) >= 11 is 0. The number of amides is 1. The summed E-state index contributed by atoms with van der Waals surface area (Å²) < 4.78 is 5.51. The fraction of sp³-hybridized carbons (Fsp3) is 0.708. The molecule has 4 nitrogen and oxygen atoms in total. The average Bonchev–Trinajstić information content (AvgIpc) is 2.59. The molecule has 1 aromatic rings. The monoisotopic (exact) mass is 388 g/mol. The highest BCUT2D eigenvalue weighted by atomic mass is 16.5. The van der Waals surface area contributed by atoms with E-state index >= 15 is 0 Å². The van der Waals surface area contributed by atoms with Gasteiger partial charge in [-0.3, -0.25) is 4.79 Å². The van der Waals surface area contributed by atoms with Gasteiger partial charge in [0.05, 0.1) is 7.11 Å². The van der Waals surface area contributed by atoms with Crippen LogP contribution in [0.3, 0.4) is 0 Å². The van der Waals surface area contributed by atoms with E-state index < -0.39 is 0 Å². The molecule has 28 heavy (non-hydrogen) atoms. The number of para-hydroxylation sites is 1. The van der Waals surface area contributed by atoms with Crippen molar-refractivity contribution >= 4 is 5.91 Å². The Balaban J connectivity index is 2.18. The predicted molar refractivity (Wildman–Crippen MR) is 117 cm³/mol. The summed E-state index contributed by atoms with van der Waals surface area (Å²) in [4.78, 5) is 15.6. The summed E-state index contributed by atoms with van der Waals surface area (Å²) in [6, 6.07) is 8.33. The second-order valence-corrected chi connectivity index (χ2v) is 9.74. The van der Waals surface area contributed by atoms with Crippen molar-refractivity contribution in [2.75, 3.05) is 13.7 Å². The van der Waals surface area contributed by atoms with Crippen LogP contribution in [-0.4, -0.2) is 41.6 Å². The van der Waals surface area contributed by atoms with Crippen LogP contribution in [0, 0.1) is 0 Å². The zero-order valence-electron chi connectivity index (χ0n) is 19.0. The Morgan fingerprint density at radius 2 is 1.82 bits per heavy atom. The molecule has 1 amide bonds. The van der Waals surface area contributed by atoms with E-state index in [0.29, 0.717) is 6.42 Å². The van der Waals surface area contributed by atoms with Crippen molar-refractivity contribution in [3.63, 3.8) is 0 Å². The van der Waals surface area contributed by atoms with Crippen LogP contribution in [0.25, 0.3) is 0 Å². The van der Waals surface area contributed by atoms with Crippen molar-refractivity contribution in [1.82, 2.24) is 10.2 Å². The number of hydrogen-bond donors (Lipinski definition) is 1. The van der Waals surface area contributed by atoms with Crippen LogP contribution in [0.15, 0.2) is 24.3 Å². The molecular weight excluding hydrogens is 348 g/mol. The lowest BCUT2D eigenvalue weighted by atomic mass is 9.78. The fourth-order valence-corrected chi connectivity index (χ4v) is 4.89. The molecule has 1 unspecified atom stereocenters. The van der Waals surface area contributed by atoms with Gasteiger partial charge >= 0.3 is 0 Å². The van der Waals surface area contributed by atoms with Gasteiger partial charge in [-0.25, -0.2) is 0 Å². The van der Waals surface area contributed by atoms with Gasteiger partial charge in [0.1, 0.15) is 5.75 Å². The standard InChI is InChI=1S/C24H40N2O2/c1-8-9-14-26(19-16-23(3,4)25-24(5,6)17-19)22(27)15-18(2)20-12-10-11-13-21(20)28-7/h10-13,18-19,25H,8-9,14-17H2,1-7H3. The Morgan fingerprint density at radius 1 is 1.21 bits per heavy atom. The Morgan fingerprint density at radius 3 is 2.39 bits per heavy atom. The number of rotatable bonds is 8. The maximum absolute atomic E-state index is 13.4. The number of nitrogens with one attached hydrogen (secondary N) is 1. The summed E-state index contributed by atoms with van der Waals surface area (Å²) in [5, 5.41) is 3.74. The number of carbonyl (C=O) groups excluding carboxylic acids is 1. The highest BCUT2D eigenvalue weighted by Crippen LogP contribution is 2.34. The second-order valence-electron chi connectivity index (χ2n) is 9.74. The first-order valence-corrected chi connectivity index (χ1v) is 10.8. The zero-order valence-corrected chi connectivity index (χ0v) is 19.0. The molecular formula is C24H40N2O2. The third kappa shape index (κ3) is 5.97. The number of carbonyl (C=O) groups is 1. The summed E-state index contributed by atoms with van der Waals surface area (Å²) in [6.07, 6.45) is 4.67. The van der Waals surface area contributed by atoms with Crippen molar-refractivity contribution in [2.24, 2.45) is 0 Å². The van der Waals surface area contributed by atoms with Gasteiger partial charge in [-0.15, -0.1) is 0 Å². The quantitative estimate of drug-likeness (QED) is 0.671. The van der Waals surface area contributed by atoms with Gasteiger partial charge in [-0.2, -0.15) is 0 Å². The van der Waals surface area contributed by atoms with Crippen molar-refractivity contribution in [3.8, 4) is 5.75 Å². The van der Waals surface area contributed by atoms with Crippen molar-refractivity contribution in [2.45, 2.75) is 96.7 Å². The van der Waals surface area contributed by atoms with E-state index in [1.54, 1.807) is 7.11 Å². The molecule has 0 aliphatic carbocycles. The molecule has 1 aliphatic rings. The van der Waals surface area contributed by atoms with Gasteiger partial charge < -0.3 is 15.0 Å². The fourth-order valence-electron chi connectivity index (χ4n) is 4.89. The van der Waals surface area contributed by atoms with Crippen LogP contribution in [0.2, 0.25) is 0 Å². The van der Waals surface area contributed by atoms with Crippen LogP contribution in [-0.2, 0) is 4.79 Å². The summed E-state index contributed by atoms with van der Waals surface area (Å²) in [6.45, 7) is 14.2. The molecule has 1 saturated heterocycles. The minimum absolute atomic E-state index is 0.0332. The Labute approximate surface area is 172 Å². The normalized spacial score (nSPS) is 19.8. The third-order valence-corrected chi connectivity index (χ3v) is 5.83. The van der Waals surface area contributed by atoms with Gasteiger partial charge in [0, 0.05) is 30.1 Å². The van der Waals surface area contributed by atoms with Crippen LogP contribution in [0.4, 0.5) is 0 Å². The minimum atomic E-state index is 0.0332. The zero-order chi connectivity index (χ0) is 20.9. The van der Waals surface area contributed by atoms with E-state index in [-0.39, 0.29) is 28.9 Å². The van der Waals surface area contributed by atoms with E-state index in [2.05, 4.69) is 57.8 Å². The van der Waals surface area contributed by atoms with E-state index in [1.165, 1.54) is 0 Å². The maximum Gasteiger partial charge on any atom is 0.223 e. The molecule has 4 heteroatoms. The molecule has 0 saturated carbocycles. The smallest absolute Gasteiger partial charge is 0.223 e. The molecule has 1 aromatic carbocycles. The molecule has 2 rings (SSSR count). The van der Waals surface area contributed by atoms with Gasteiger partial charge in [0.2, 0.25) is 5.91 Å². The molecule has 0 spiro atoms. The van der Waals surface area contributed by atoms with Crippen molar-refractivity contribution in [1.29, 1.82) is 0 Å². The number of nitrogens with zero attached hydrogens (tertiary/aromatic N) is 1. The Hall–Kier alpha value is -1.55. The Bertz CT molecular complexity index is 638. The number of benzene rings is 1. The van der Waals surface area contributed by atoms with Gasteiger partial charge in [0.25, 0.3) is 0 Å². The first-order chi connectivity index (χ1) is 13.1. The van der Waals surface area contributed by atoms with Gasteiger partial charge in [0.15, 0.2) is 0 Å². The summed E-state index contributed by atoms with van der Waals surface area (Å²) in [7, 11) is 1.69. The van der Waals surface area contributed by atoms with Crippen molar-refractivity contribution < 1.29 is 9.53 Å². The molecule has 1 fully saturated rings. The van der Waals surface area contributed by atoms with E-state index in [1.807, 2.05) is 18.2 Å². The number of ether oxygens (including phenoxy) is 1. The lowest BCUT2D eigenvalue weighted by molar-refractivity contribution is -0.135. The number of unbranched alkanes of at least 4 members (excludes halogenated alkanes) is 1. The molecule has 158 valence electrons. The first kappa shape index (κ1) is 22.7. The first-order valence-electron chi connectivity index (χ1n) is 10.8. The van der Waals surface area contributed by atoms with Crippen LogP contribution < -0.4 is 10.1 Å². The van der Waals surface area contributed by atoms with E-state index in [4.69, 9.17) is 4.74 Å². The van der Waals surface area contributed by atoms with E-state index in [9.17, 15) is 4.79 Å².